The molecule has 0 saturated heterocycles. The van der Waals surface area contributed by atoms with Gasteiger partial charge in [-0.2, -0.15) is 5.10 Å². The molecule has 30 heavy (non-hydrogen) atoms. The molecule has 2 aromatic carbocycles. The number of aromatic nitrogens is 3. The van der Waals surface area contributed by atoms with Gasteiger partial charge in [-0.15, -0.1) is 0 Å². The van der Waals surface area contributed by atoms with Crippen molar-refractivity contribution in [2.45, 2.75) is 6.42 Å². The number of amides is 1. The van der Waals surface area contributed by atoms with E-state index in [1.165, 1.54) is 12.1 Å². The molecule has 1 amide bonds. The van der Waals surface area contributed by atoms with Gasteiger partial charge in [0.1, 0.15) is 17.3 Å². The molecule has 5 nitrogen and oxygen atoms in total. The summed E-state index contributed by atoms with van der Waals surface area (Å²) in [6.07, 6.45) is 3.48. The van der Waals surface area contributed by atoms with Crippen LogP contribution in [0.2, 0.25) is 5.02 Å². The van der Waals surface area contributed by atoms with Gasteiger partial charge in [-0.3, -0.25) is 14.5 Å². The quantitative estimate of drug-likeness (QED) is 0.487. The van der Waals surface area contributed by atoms with Gasteiger partial charge < -0.3 is 5.32 Å². The Bertz CT molecular complexity index is 1190. The highest BCUT2D eigenvalue weighted by Gasteiger charge is 2.21. The van der Waals surface area contributed by atoms with E-state index in [1.54, 1.807) is 42.3 Å². The number of aryl methyl sites for hydroxylation is 1. The van der Waals surface area contributed by atoms with Crippen molar-refractivity contribution in [3.05, 3.63) is 89.5 Å². The summed E-state index contributed by atoms with van der Waals surface area (Å²) in [5, 5.41) is 8.10. The van der Waals surface area contributed by atoms with Crippen LogP contribution in [0.15, 0.2) is 73.1 Å². The standard InChI is InChI=1S/C23H18ClFN4O/c1-29-23(27-20(30)14-17-4-2-3-5-19(17)24)21(15-10-12-26-13-11-15)22(28-29)16-6-8-18(25)9-7-16/h2-13H,14H2,1H3,(H,27,30). The van der Waals surface area contributed by atoms with Crippen LogP contribution < -0.4 is 5.32 Å². The fourth-order valence-electron chi connectivity index (χ4n) is 3.26. The zero-order chi connectivity index (χ0) is 21.1. The van der Waals surface area contributed by atoms with Crippen molar-refractivity contribution in [3.63, 3.8) is 0 Å². The van der Waals surface area contributed by atoms with E-state index in [0.717, 1.165) is 22.3 Å². The molecule has 0 fully saturated rings. The molecule has 0 radical (unpaired) electrons. The monoisotopic (exact) mass is 420 g/mol. The Morgan fingerprint density at radius 3 is 2.43 bits per heavy atom. The summed E-state index contributed by atoms with van der Waals surface area (Å²) in [7, 11) is 1.75. The summed E-state index contributed by atoms with van der Waals surface area (Å²) in [6.45, 7) is 0. The highest BCUT2D eigenvalue weighted by Crippen LogP contribution is 2.37. The van der Waals surface area contributed by atoms with Crippen LogP contribution in [-0.4, -0.2) is 20.7 Å². The van der Waals surface area contributed by atoms with Crippen molar-refractivity contribution < 1.29 is 9.18 Å². The molecule has 0 aliphatic heterocycles. The van der Waals surface area contributed by atoms with Gasteiger partial charge in [-0.1, -0.05) is 29.8 Å². The van der Waals surface area contributed by atoms with Crippen molar-refractivity contribution in [1.29, 1.82) is 0 Å². The number of benzene rings is 2. The lowest BCUT2D eigenvalue weighted by Gasteiger charge is -2.10. The predicted molar refractivity (Wildman–Crippen MR) is 116 cm³/mol. The van der Waals surface area contributed by atoms with E-state index in [1.807, 2.05) is 30.3 Å². The molecule has 0 bridgehead atoms. The lowest BCUT2D eigenvalue weighted by Crippen LogP contribution is -2.17. The first-order valence-electron chi connectivity index (χ1n) is 9.29. The minimum Gasteiger partial charge on any atom is -0.310 e. The maximum atomic E-state index is 13.4. The molecular weight excluding hydrogens is 403 g/mol. The Morgan fingerprint density at radius 1 is 1.03 bits per heavy atom. The zero-order valence-electron chi connectivity index (χ0n) is 16.1. The van der Waals surface area contributed by atoms with Gasteiger partial charge >= 0.3 is 0 Å². The van der Waals surface area contributed by atoms with Crippen LogP contribution >= 0.6 is 11.6 Å². The SMILES string of the molecule is Cn1nc(-c2ccc(F)cc2)c(-c2ccncc2)c1NC(=O)Cc1ccccc1Cl. The molecule has 0 aliphatic carbocycles. The number of anilines is 1. The summed E-state index contributed by atoms with van der Waals surface area (Å²) in [5.41, 5.74) is 3.69. The van der Waals surface area contributed by atoms with Crippen molar-refractivity contribution >= 4 is 23.3 Å². The topological polar surface area (TPSA) is 59.8 Å². The second kappa shape index (κ2) is 8.47. The normalized spacial score (nSPS) is 10.8. The molecule has 2 heterocycles. The van der Waals surface area contributed by atoms with Crippen LogP contribution in [0.25, 0.3) is 22.4 Å². The largest absolute Gasteiger partial charge is 0.310 e. The Morgan fingerprint density at radius 2 is 1.73 bits per heavy atom. The molecule has 0 unspecified atom stereocenters. The van der Waals surface area contributed by atoms with Crippen LogP contribution in [0.3, 0.4) is 0 Å². The Balaban J connectivity index is 1.75. The van der Waals surface area contributed by atoms with Crippen molar-refractivity contribution in [2.24, 2.45) is 7.05 Å². The Labute approximate surface area is 178 Å². The molecular formula is C23H18ClFN4O. The second-order valence-corrected chi connectivity index (χ2v) is 7.16. The van der Waals surface area contributed by atoms with E-state index in [4.69, 9.17) is 11.6 Å². The van der Waals surface area contributed by atoms with Crippen molar-refractivity contribution in [1.82, 2.24) is 14.8 Å². The molecule has 150 valence electrons. The molecule has 1 N–H and O–H groups in total. The Hall–Kier alpha value is -3.51. The van der Waals surface area contributed by atoms with Gasteiger partial charge in [0.25, 0.3) is 0 Å². The number of carbonyl (C=O) groups is 1. The number of hydrogen-bond acceptors (Lipinski definition) is 3. The van der Waals surface area contributed by atoms with E-state index in [9.17, 15) is 9.18 Å². The Kier molecular flexibility index (Phi) is 5.59. The van der Waals surface area contributed by atoms with Crippen LogP contribution in [0.4, 0.5) is 10.2 Å². The first-order chi connectivity index (χ1) is 14.5. The number of pyridine rings is 1. The highest BCUT2D eigenvalue weighted by atomic mass is 35.5. The fourth-order valence-corrected chi connectivity index (χ4v) is 3.46. The predicted octanol–water partition coefficient (Wildman–Crippen LogP) is 5.12. The van der Waals surface area contributed by atoms with Crippen LogP contribution in [-0.2, 0) is 18.3 Å². The maximum absolute atomic E-state index is 13.4. The molecule has 0 atom stereocenters. The van der Waals surface area contributed by atoms with Crippen LogP contribution in [0.5, 0.6) is 0 Å². The lowest BCUT2D eigenvalue weighted by atomic mass is 10.0. The third kappa shape index (κ3) is 4.09. The number of hydrogen-bond donors (Lipinski definition) is 1. The van der Waals surface area contributed by atoms with Gasteiger partial charge in [0, 0.05) is 30.0 Å². The van der Waals surface area contributed by atoms with Crippen LogP contribution in [0, 0.1) is 5.82 Å². The van der Waals surface area contributed by atoms with E-state index in [-0.39, 0.29) is 18.1 Å². The zero-order valence-corrected chi connectivity index (χ0v) is 16.9. The van der Waals surface area contributed by atoms with Crippen molar-refractivity contribution in [3.8, 4) is 22.4 Å². The number of nitrogens with one attached hydrogen (secondary N) is 1. The lowest BCUT2D eigenvalue weighted by molar-refractivity contribution is -0.115. The van der Waals surface area contributed by atoms with Crippen molar-refractivity contribution in [2.75, 3.05) is 5.32 Å². The molecule has 7 heteroatoms. The van der Waals surface area contributed by atoms with Gasteiger partial charge in [-0.25, -0.2) is 4.39 Å². The molecule has 0 saturated carbocycles. The van der Waals surface area contributed by atoms with Gasteiger partial charge in [0.15, 0.2) is 0 Å². The summed E-state index contributed by atoms with van der Waals surface area (Å²) < 4.78 is 15.0. The number of carbonyl (C=O) groups excluding carboxylic acids is 1. The van der Waals surface area contributed by atoms with Crippen LogP contribution in [0.1, 0.15) is 5.56 Å². The molecule has 0 aliphatic rings. The minimum absolute atomic E-state index is 0.131. The average Bonchev–Trinajstić information content (AvgIpc) is 3.07. The summed E-state index contributed by atoms with van der Waals surface area (Å²) in [6, 6.07) is 17.0. The minimum atomic E-state index is -0.326. The second-order valence-electron chi connectivity index (χ2n) is 6.75. The molecule has 0 spiro atoms. The first kappa shape index (κ1) is 19.8. The summed E-state index contributed by atoms with van der Waals surface area (Å²) in [4.78, 5) is 16.9. The highest BCUT2D eigenvalue weighted by molar-refractivity contribution is 6.31. The third-order valence-corrected chi connectivity index (χ3v) is 5.07. The molecule has 2 aromatic heterocycles. The van der Waals surface area contributed by atoms with E-state index >= 15 is 0 Å². The van der Waals surface area contributed by atoms with E-state index in [2.05, 4.69) is 15.4 Å². The molecule has 4 aromatic rings. The fraction of sp³-hybridized carbons (Fsp3) is 0.0870. The van der Waals surface area contributed by atoms with Gasteiger partial charge in [0.05, 0.1) is 12.0 Å². The maximum Gasteiger partial charge on any atom is 0.230 e. The summed E-state index contributed by atoms with van der Waals surface area (Å²) in [5.74, 6) is -0.00181. The van der Waals surface area contributed by atoms with E-state index < -0.39 is 0 Å². The van der Waals surface area contributed by atoms with Gasteiger partial charge in [-0.05, 0) is 53.6 Å². The summed E-state index contributed by atoms with van der Waals surface area (Å²) >= 11 is 6.19. The van der Waals surface area contributed by atoms with Gasteiger partial charge in [0.2, 0.25) is 5.91 Å². The number of halogens is 2. The smallest absolute Gasteiger partial charge is 0.230 e. The number of nitrogens with zero attached hydrogens (tertiary/aromatic N) is 3. The number of rotatable bonds is 5. The first-order valence-corrected chi connectivity index (χ1v) is 9.67. The third-order valence-electron chi connectivity index (χ3n) is 4.70. The molecule has 4 rings (SSSR count). The average molecular weight is 421 g/mol. The van der Waals surface area contributed by atoms with E-state index in [0.29, 0.717) is 16.5 Å².